The van der Waals surface area contributed by atoms with Crippen LogP contribution in [0.4, 0.5) is 5.13 Å². The number of carbonyl (C=O) groups excluding carboxylic acids is 1. The van der Waals surface area contributed by atoms with Gasteiger partial charge < -0.3 is 5.32 Å². The number of amides is 1. The van der Waals surface area contributed by atoms with E-state index in [9.17, 15) is 4.79 Å². The highest BCUT2D eigenvalue weighted by Crippen LogP contribution is 2.25. The van der Waals surface area contributed by atoms with Gasteiger partial charge in [0.1, 0.15) is 6.33 Å². The summed E-state index contributed by atoms with van der Waals surface area (Å²) in [5, 5.41) is 12.4. The molecule has 2 N–H and O–H groups in total. The van der Waals surface area contributed by atoms with Crippen LogP contribution >= 0.6 is 23.1 Å². The molecular weight excluding hydrogens is 318 g/mol. The summed E-state index contributed by atoms with van der Waals surface area (Å²) < 4.78 is 0. The molecule has 0 bridgehead atoms. The zero-order valence-corrected chi connectivity index (χ0v) is 13.4. The Kier molecular flexibility index (Phi) is 4.50. The third kappa shape index (κ3) is 3.71. The van der Waals surface area contributed by atoms with Gasteiger partial charge in [-0.3, -0.25) is 9.89 Å². The molecule has 0 atom stereocenters. The predicted molar refractivity (Wildman–Crippen MR) is 88.0 cm³/mol. The van der Waals surface area contributed by atoms with E-state index in [1.54, 1.807) is 0 Å². The molecular formula is C14H13N5OS2. The molecule has 2 aromatic heterocycles. The van der Waals surface area contributed by atoms with Crippen LogP contribution in [-0.4, -0.2) is 31.8 Å². The van der Waals surface area contributed by atoms with E-state index in [0.29, 0.717) is 10.3 Å². The van der Waals surface area contributed by atoms with Crippen LogP contribution in [0.3, 0.4) is 0 Å². The zero-order chi connectivity index (χ0) is 15.4. The summed E-state index contributed by atoms with van der Waals surface area (Å²) in [4.78, 5) is 20.3. The van der Waals surface area contributed by atoms with Crippen LogP contribution in [0, 0.1) is 6.92 Å². The number of hydrogen-bond acceptors (Lipinski definition) is 6. The van der Waals surface area contributed by atoms with Crippen molar-refractivity contribution in [3.63, 3.8) is 0 Å². The van der Waals surface area contributed by atoms with Gasteiger partial charge in [0.15, 0.2) is 10.3 Å². The largest absolute Gasteiger partial charge is 0.301 e. The number of thiazole rings is 1. The average molecular weight is 331 g/mol. The van der Waals surface area contributed by atoms with Gasteiger partial charge in [0.2, 0.25) is 5.91 Å². The minimum absolute atomic E-state index is 0.119. The lowest BCUT2D eigenvalue weighted by Gasteiger charge is -2.00. The number of H-pyrrole nitrogens is 1. The molecule has 0 aliphatic carbocycles. The highest BCUT2D eigenvalue weighted by molar-refractivity contribution is 7.99. The Morgan fingerprint density at radius 1 is 1.36 bits per heavy atom. The van der Waals surface area contributed by atoms with Gasteiger partial charge in [-0.2, -0.15) is 5.10 Å². The van der Waals surface area contributed by atoms with E-state index in [4.69, 9.17) is 0 Å². The van der Waals surface area contributed by atoms with Crippen LogP contribution in [0.2, 0.25) is 0 Å². The molecule has 1 amide bonds. The summed E-state index contributed by atoms with van der Waals surface area (Å²) in [6, 6.07) is 8.13. The molecule has 3 aromatic rings. The Labute approximate surface area is 135 Å². The van der Waals surface area contributed by atoms with Crippen molar-refractivity contribution in [3.05, 3.63) is 41.5 Å². The fourth-order valence-electron chi connectivity index (χ4n) is 1.74. The molecule has 0 spiro atoms. The second kappa shape index (κ2) is 6.71. The van der Waals surface area contributed by atoms with Crippen molar-refractivity contribution in [1.82, 2.24) is 20.2 Å². The van der Waals surface area contributed by atoms with E-state index >= 15 is 0 Å². The molecule has 112 valence electrons. The predicted octanol–water partition coefficient (Wildman–Crippen LogP) is 2.97. The normalized spacial score (nSPS) is 10.6. The average Bonchev–Trinajstić information content (AvgIpc) is 3.17. The van der Waals surface area contributed by atoms with Gasteiger partial charge in [0, 0.05) is 10.9 Å². The summed E-state index contributed by atoms with van der Waals surface area (Å²) in [5.74, 6) is 0.139. The minimum atomic E-state index is -0.119. The first-order chi connectivity index (χ1) is 10.7. The van der Waals surface area contributed by atoms with Crippen LogP contribution < -0.4 is 5.32 Å². The molecule has 0 saturated carbocycles. The quantitative estimate of drug-likeness (QED) is 0.702. The first-order valence-electron chi connectivity index (χ1n) is 6.51. The molecule has 6 nitrogen and oxygen atoms in total. The highest BCUT2D eigenvalue weighted by Gasteiger charge is 2.09. The molecule has 8 heteroatoms. The second-order valence-electron chi connectivity index (χ2n) is 4.53. The van der Waals surface area contributed by atoms with Gasteiger partial charge >= 0.3 is 0 Å². The van der Waals surface area contributed by atoms with Crippen LogP contribution in [0.15, 0.2) is 41.1 Å². The van der Waals surface area contributed by atoms with E-state index in [1.165, 1.54) is 35.0 Å². The number of hydrogen-bond donors (Lipinski definition) is 2. The number of carbonyl (C=O) groups is 1. The molecule has 0 unspecified atom stereocenters. The van der Waals surface area contributed by atoms with Gasteiger partial charge in [-0.25, -0.2) is 9.97 Å². The number of thioether (sulfide) groups is 1. The summed E-state index contributed by atoms with van der Waals surface area (Å²) in [6.45, 7) is 2.04. The summed E-state index contributed by atoms with van der Waals surface area (Å²) in [5.41, 5.74) is 3.11. The maximum absolute atomic E-state index is 11.9. The van der Waals surface area contributed by atoms with Crippen LogP contribution in [-0.2, 0) is 4.79 Å². The van der Waals surface area contributed by atoms with E-state index in [1.807, 2.05) is 36.6 Å². The van der Waals surface area contributed by atoms with Crippen molar-refractivity contribution < 1.29 is 4.79 Å². The summed E-state index contributed by atoms with van der Waals surface area (Å²) in [6.07, 6.45) is 1.41. The lowest BCUT2D eigenvalue weighted by atomic mass is 10.1. The number of aryl methyl sites for hydroxylation is 1. The smallest absolute Gasteiger partial charge is 0.236 e. The van der Waals surface area contributed by atoms with Crippen molar-refractivity contribution in [2.45, 2.75) is 12.1 Å². The van der Waals surface area contributed by atoms with Crippen molar-refractivity contribution in [2.24, 2.45) is 0 Å². The molecule has 0 radical (unpaired) electrons. The summed E-state index contributed by atoms with van der Waals surface area (Å²) in [7, 11) is 0. The Bertz CT molecular complexity index is 752. The van der Waals surface area contributed by atoms with Crippen LogP contribution in [0.1, 0.15) is 5.56 Å². The summed E-state index contributed by atoms with van der Waals surface area (Å²) >= 11 is 2.71. The third-order valence-corrected chi connectivity index (χ3v) is 4.47. The third-order valence-electron chi connectivity index (χ3n) is 2.83. The minimum Gasteiger partial charge on any atom is -0.301 e. The fourth-order valence-corrected chi connectivity index (χ4v) is 3.06. The maximum atomic E-state index is 11.9. The van der Waals surface area contributed by atoms with Crippen molar-refractivity contribution in [2.75, 3.05) is 11.1 Å². The number of benzene rings is 1. The number of nitrogens with one attached hydrogen (secondary N) is 2. The Balaban J connectivity index is 1.59. The van der Waals surface area contributed by atoms with E-state index in [2.05, 4.69) is 25.5 Å². The Morgan fingerprint density at radius 2 is 2.18 bits per heavy atom. The molecule has 22 heavy (non-hydrogen) atoms. The number of aromatic amines is 1. The number of aromatic nitrogens is 4. The van der Waals surface area contributed by atoms with Crippen molar-refractivity contribution in [1.29, 1.82) is 0 Å². The molecule has 0 aliphatic rings. The monoisotopic (exact) mass is 331 g/mol. The van der Waals surface area contributed by atoms with E-state index in [0.717, 1.165) is 11.3 Å². The van der Waals surface area contributed by atoms with E-state index < -0.39 is 0 Å². The first kappa shape index (κ1) is 14.7. The van der Waals surface area contributed by atoms with Gasteiger partial charge in [-0.05, 0) is 6.92 Å². The van der Waals surface area contributed by atoms with Crippen LogP contribution in [0.5, 0.6) is 0 Å². The zero-order valence-electron chi connectivity index (χ0n) is 11.7. The molecule has 2 heterocycles. The lowest BCUT2D eigenvalue weighted by molar-refractivity contribution is -0.113. The van der Waals surface area contributed by atoms with Gasteiger partial charge in [0.05, 0.1) is 11.4 Å². The van der Waals surface area contributed by atoms with Crippen LogP contribution in [0.25, 0.3) is 11.3 Å². The molecule has 0 saturated heterocycles. The number of anilines is 1. The standard InChI is InChI=1S/C14H13N5OS2/c1-9-2-4-10(5-3-9)11-6-21-14(17-11)18-12(20)7-22-13-15-8-16-19-13/h2-6,8H,7H2,1H3,(H,15,16,19)(H,17,18,20). The first-order valence-corrected chi connectivity index (χ1v) is 8.38. The van der Waals surface area contributed by atoms with Gasteiger partial charge in [0.25, 0.3) is 0 Å². The maximum Gasteiger partial charge on any atom is 0.236 e. The lowest BCUT2D eigenvalue weighted by Crippen LogP contribution is -2.13. The molecule has 0 aliphatic heterocycles. The van der Waals surface area contributed by atoms with Crippen molar-refractivity contribution >= 4 is 34.1 Å². The second-order valence-corrected chi connectivity index (χ2v) is 6.35. The Hall–Kier alpha value is -2.19. The number of nitrogens with zero attached hydrogens (tertiary/aromatic N) is 3. The topological polar surface area (TPSA) is 83.6 Å². The fraction of sp³-hybridized carbons (Fsp3) is 0.143. The van der Waals surface area contributed by atoms with Gasteiger partial charge in [-0.1, -0.05) is 41.6 Å². The molecule has 3 rings (SSSR count). The molecule has 0 fully saturated rings. The molecule has 1 aromatic carbocycles. The highest BCUT2D eigenvalue weighted by atomic mass is 32.2. The van der Waals surface area contributed by atoms with Gasteiger partial charge in [-0.15, -0.1) is 11.3 Å². The van der Waals surface area contributed by atoms with E-state index in [-0.39, 0.29) is 11.7 Å². The number of rotatable bonds is 5. The Morgan fingerprint density at radius 3 is 2.91 bits per heavy atom. The van der Waals surface area contributed by atoms with Crippen molar-refractivity contribution in [3.8, 4) is 11.3 Å². The SMILES string of the molecule is Cc1ccc(-c2csc(NC(=O)CSc3ncn[nH]3)n2)cc1.